The first-order chi connectivity index (χ1) is 11.6. The van der Waals surface area contributed by atoms with Gasteiger partial charge in [0.25, 0.3) is 11.6 Å². The molecule has 124 valence electrons. The maximum Gasteiger partial charge on any atom is 0.296 e. The average molecular weight is 329 g/mol. The number of methoxy groups -OCH3 is 1. The van der Waals surface area contributed by atoms with Crippen LogP contribution in [0.25, 0.3) is 0 Å². The fourth-order valence-electron chi connectivity index (χ4n) is 2.35. The monoisotopic (exact) mass is 329 g/mol. The highest BCUT2D eigenvalue weighted by Gasteiger charge is 2.23. The van der Waals surface area contributed by atoms with Crippen molar-refractivity contribution in [1.82, 2.24) is 0 Å². The maximum absolute atomic E-state index is 11.4. The second kappa shape index (κ2) is 6.45. The zero-order chi connectivity index (χ0) is 17.1. The minimum Gasteiger partial charge on any atom is -0.497 e. The molecular weight excluding hydrogens is 314 g/mol. The molecule has 0 atom stereocenters. The Morgan fingerprint density at radius 1 is 1.33 bits per heavy atom. The van der Waals surface area contributed by atoms with Crippen molar-refractivity contribution in [1.29, 1.82) is 0 Å². The van der Waals surface area contributed by atoms with Gasteiger partial charge in [0.15, 0.2) is 12.4 Å². The molecule has 0 radical (unpaired) electrons. The summed E-state index contributed by atoms with van der Waals surface area (Å²) in [6.45, 7) is 0.237. The van der Waals surface area contributed by atoms with Crippen molar-refractivity contribution in [2.75, 3.05) is 24.4 Å². The largest absolute Gasteiger partial charge is 0.497 e. The van der Waals surface area contributed by atoms with Crippen LogP contribution in [0.15, 0.2) is 36.4 Å². The molecule has 0 spiro atoms. The molecule has 2 N–H and O–H groups in total. The highest BCUT2D eigenvalue weighted by molar-refractivity contribution is 5.96. The third-order valence-corrected chi connectivity index (χ3v) is 3.57. The smallest absolute Gasteiger partial charge is 0.296 e. The quantitative estimate of drug-likeness (QED) is 0.645. The number of nitrogens with zero attached hydrogens (tertiary/aromatic N) is 1. The van der Waals surface area contributed by atoms with Crippen LogP contribution >= 0.6 is 0 Å². The predicted octanol–water partition coefficient (Wildman–Crippen LogP) is 2.55. The van der Waals surface area contributed by atoms with E-state index in [4.69, 9.17) is 9.47 Å². The third-order valence-electron chi connectivity index (χ3n) is 3.57. The van der Waals surface area contributed by atoms with Gasteiger partial charge in [0.05, 0.1) is 23.8 Å². The molecule has 2 aromatic carbocycles. The van der Waals surface area contributed by atoms with Gasteiger partial charge in [-0.15, -0.1) is 0 Å². The van der Waals surface area contributed by atoms with Crippen LogP contribution in [-0.2, 0) is 11.3 Å². The molecule has 8 nitrogen and oxygen atoms in total. The summed E-state index contributed by atoms with van der Waals surface area (Å²) < 4.78 is 10.3. The van der Waals surface area contributed by atoms with Crippen LogP contribution in [-0.4, -0.2) is 24.5 Å². The molecule has 0 bridgehead atoms. The van der Waals surface area contributed by atoms with Gasteiger partial charge in [0.2, 0.25) is 0 Å². The van der Waals surface area contributed by atoms with E-state index in [0.717, 1.165) is 11.3 Å². The zero-order valence-electron chi connectivity index (χ0n) is 12.9. The van der Waals surface area contributed by atoms with Crippen molar-refractivity contribution in [3.05, 3.63) is 52.1 Å². The number of carbonyl (C=O) groups excluding carboxylic acids is 1. The first-order valence-corrected chi connectivity index (χ1v) is 7.18. The Kier molecular flexibility index (Phi) is 4.19. The number of nitro benzene ring substituents is 1. The average Bonchev–Trinajstić information content (AvgIpc) is 2.59. The van der Waals surface area contributed by atoms with Crippen LogP contribution in [0.5, 0.6) is 11.5 Å². The topological polar surface area (TPSA) is 103 Å². The molecule has 1 aliphatic heterocycles. The molecule has 1 amide bonds. The van der Waals surface area contributed by atoms with Crippen molar-refractivity contribution in [2.24, 2.45) is 0 Å². The van der Waals surface area contributed by atoms with Crippen LogP contribution in [0, 0.1) is 10.1 Å². The summed E-state index contributed by atoms with van der Waals surface area (Å²) in [6, 6.07) is 10.2. The summed E-state index contributed by atoms with van der Waals surface area (Å²) >= 11 is 0. The van der Waals surface area contributed by atoms with Gasteiger partial charge >= 0.3 is 0 Å². The number of hydrogen-bond acceptors (Lipinski definition) is 6. The summed E-state index contributed by atoms with van der Waals surface area (Å²) in [5, 5.41) is 16.9. The number of benzene rings is 2. The highest BCUT2D eigenvalue weighted by atomic mass is 16.6. The number of fused-ring (bicyclic) bond motifs is 1. The minimum atomic E-state index is -0.490. The number of ether oxygens (including phenoxy) is 2. The first kappa shape index (κ1) is 15.6. The molecular formula is C16H15N3O5. The molecule has 0 aromatic heterocycles. The van der Waals surface area contributed by atoms with Crippen molar-refractivity contribution in [2.45, 2.75) is 6.54 Å². The Morgan fingerprint density at radius 3 is 2.75 bits per heavy atom. The molecule has 3 rings (SSSR count). The Balaban J connectivity index is 1.84. The molecule has 0 fully saturated rings. The Morgan fingerprint density at radius 2 is 2.08 bits per heavy atom. The molecule has 0 saturated carbocycles. The molecule has 1 aliphatic rings. The molecule has 0 saturated heterocycles. The fourth-order valence-corrected chi connectivity index (χ4v) is 2.35. The van der Waals surface area contributed by atoms with Crippen LogP contribution in [0.1, 0.15) is 5.56 Å². The number of anilines is 2. The lowest BCUT2D eigenvalue weighted by Gasteiger charge is -2.19. The summed E-state index contributed by atoms with van der Waals surface area (Å²) in [6.07, 6.45) is 0. The Bertz CT molecular complexity index is 789. The van der Waals surface area contributed by atoms with E-state index in [0.29, 0.717) is 17.9 Å². The SMILES string of the molecule is COc1ccc(CNc2cc3c(cc2[N+](=O)[O-])OCC(=O)N3)cc1. The second-order valence-corrected chi connectivity index (χ2v) is 5.16. The molecule has 1 heterocycles. The van der Waals surface area contributed by atoms with Gasteiger partial charge in [-0.05, 0) is 23.8 Å². The van der Waals surface area contributed by atoms with Crippen LogP contribution in [0.2, 0.25) is 0 Å². The second-order valence-electron chi connectivity index (χ2n) is 5.16. The van der Waals surface area contributed by atoms with Crippen molar-refractivity contribution in [3.8, 4) is 11.5 Å². The van der Waals surface area contributed by atoms with E-state index in [9.17, 15) is 14.9 Å². The lowest BCUT2D eigenvalue weighted by atomic mass is 10.1. The van der Waals surface area contributed by atoms with Crippen molar-refractivity contribution >= 4 is 23.0 Å². The van der Waals surface area contributed by atoms with Gasteiger partial charge in [0.1, 0.15) is 11.4 Å². The van der Waals surface area contributed by atoms with Gasteiger partial charge in [-0.2, -0.15) is 0 Å². The van der Waals surface area contributed by atoms with E-state index in [1.807, 2.05) is 24.3 Å². The normalized spacial score (nSPS) is 12.6. The van der Waals surface area contributed by atoms with E-state index in [1.54, 1.807) is 7.11 Å². The van der Waals surface area contributed by atoms with Crippen molar-refractivity contribution < 1.29 is 19.2 Å². The number of hydrogen-bond donors (Lipinski definition) is 2. The highest BCUT2D eigenvalue weighted by Crippen LogP contribution is 2.38. The van der Waals surface area contributed by atoms with Crippen LogP contribution in [0.4, 0.5) is 17.1 Å². The predicted molar refractivity (Wildman–Crippen MR) is 87.5 cm³/mol. The summed E-state index contributed by atoms with van der Waals surface area (Å²) in [5.74, 6) is 0.729. The van der Waals surface area contributed by atoms with E-state index in [-0.39, 0.29) is 24.0 Å². The molecule has 2 aromatic rings. The minimum absolute atomic E-state index is 0.113. The van der Waals surface area contributed by atoms with Gasteiger partial charge in [-0.3, -0.25) is 14.9 Å². The van der Waals surface area contributed by atoms with Gasteiger partial charge in [0, 0.05) is 6.54 Å². The third kappa shape index (κ3) is 3.22. The molecule has 0 aliphatic carbocycles. The van der Waals surface area contributed by atoms with Crippen LogP contribution in [0.3, 0.4) is 0 Å². The van der Waals surface area contributed by atoms with Gasteiger partial charge in [-0.25, -0.2) is 0 Å². The van der Waals surface area contributed by atoms with E-state index in [2.05, 4.69) is 10.6 Å². The molecule has 24 heavy (non-hydrogen) atoms. The van der Waals surface area contributed by atoms with Crippen molar-refractivity contribution in [3.63, 3.8) is 0 Å². The van der Waals surface area contributed by atoms with Gasteiger partial charge < -0.3 is 20.1 Å². The summed E-state index contributed by atoms with van der Waals surface area (Å²) in [7, 11) is 1.58. The number of rotatable bonds is 5. The summed E-state index contributed by atoms with van der Waals surface area (Å²) in [4.78, 5) is 22.2. The number of amides is 1. The summed E-state index contributed by atoms with van der Waals surface area (Å²) in [5.41, 5.74) is 1.54. The first-order valence-electron chi connectivity index (χ1n) is 7.18. The van der Waals surface area contributed by atoms with Crippen LogP contribution < -0.4 is 20.1 Å². The Hall–Kier alpha value is -3.29. The molecule has 0 unspecified atom stereocenters. The fraction of sp³-hybridized carbons (Fsp3) is 0.188. The number of nitro groups is 1. The molecule has 8 heteroatoms. The zero-order valence-corrected chi connectivity index (χ0v) is 12.9. The number of carbonyl (C=O) groups is 1. The maximum atomic E-state index is 11.4. The lowest BCUT2D eigenvalue weighted by Crippen LogP contribution is -2.25. The van der Waals surface area contributed by atoms with E-state index >= 15 is 0 Å². The standard InChI is InChI=1S/C16H15N3O5/c1-23-11-4-2-10(3-5-11)8-17-12-6-13-15(7-14(12)19(21)22)24-9-16(20)18-13/h2-7,17H,8-9H2,1H3,(H,18,20). The number of nitrogens with one attached hydrogen (secondary N) is 2. The van der Waals surface area contributed by atoms with E-state index in [1.165, 1.54) is 12.1 Å². The Labute approximate surface area is 137 Å². The lowest BCUT2D eigenvalue weighted by molar-refractivity contribution is -0.384. The van der Waals surface area contributed by atoms with E-state index < -0.39 is 4.92 Å². The van der Waals surface area contributed by atoms with Gasteiger partial charge in [-0.1, -0.05) is 12.1 Å².